The third-order valence-electron chi connectivity index (χ3n) is 4.70. The van der Waals surface area contributed by atoms with Crippen LogP contribution in [0, 0.1) is 11.3 Å². The lowest BCUT2D eigenvalue weighted by Crippen LogP contribution is -2.45. The van der Waals surface area contributed by atoms with Crippen LogP contribution in [0.1, 0.15) is 39.2 Å². The Morgan fingerprint density at radius 1 is 1.23 bits per heavy atom. The van der Waals surface area contributed by atoms with Crippen molar-refractivity contribution < 1.29 is 0 Å². The van der Waals surface area contributed by atoms with Crippen LogP contribution in [0.2, 0.25) is 0 Å². The Morgan fingerprint density at radius 3 is 2.73 bits per heavy atom. The van der Waals surface area contributed by atoms with Crippen LogP contribution in [-0.4, -0.2) is 35.6 Å². The average molecular weight is 304 g/mol. The van der Waals surface area contributed by atoms with Crippen molar-refractivity contribution in [3.63, 3.8) is 0 Å². The van der Waals surface area contributed by atoms with Gasteiger partial charge in [-0.3, -0.25) is 0 Å². The molecule has 0 bridgehead atoms. The molecule has 0 aromatic carbocycles. The van der Waals surface area contributed by atoms with E-state index in [9.17, 15) is 0 Å². The minimum Gasteiger partial charge on any atom is -0.383 e. The zero-order valence-electron chi connectivity index (χ0n) is 13.9. The Balaban J connectivity index is 1.91. The second-order valence-corrected chi connectivity index (χ2v) is 7.85. The fourth-order valence-corrected chi connectivity index (χ4v) is 3.71. The number of nitrogens with zero attached hydrogens (tertiary/aromatic N) is 3. The third kappa shape index (κ3) is 3.11. The number of fused-ring (bicyclic) bond motifs is 1. The van der Waals surface area contributed by atoms with Gasteiger partial charge >= 0.3 is 0 Å². The van der Waals surface area contributed by atoms with Crippen LogP contribution in [0.4, 0.5) is 17.6 Å². The van der Waals surface area contributed by atoms with Gasteiger partial charge in [-0.1, -0.05) is 20.8 Å². The average Bonchev–Trinajstić information content (AvgIpc) is 2.87. The van der Waals surface area contributed by atoms with Gasteiger partial charge < -0.3 is 21.7 Å². The summed E-state index contributed by atoms with van der Waals surface area (Å²) in [5, 5.41) is 3.60. The smallest absolute Gasteiger partial charge is 0.223 e. The number of nitrogens with one attached hydrogen (secondary N) is 1. The van der Waals surface area contributed by atoms with Crippen LogP contribution in [0.5, 0.6) is 0 Å². The molecule has 122 valence electrons. The highest BCUT2D eigenvalue weighted by atomic mass is 15.2. The van der Waals surface area contributed by atoms with Gasteiger partial charge in [0.1, 0.15) is 11.6 Å². The van der Waals surface area contributed by atoms with Crippen LogP contribution < -0.4 is 21.7 Å². The molecule has 0 amide bonds. The van der Waals surface area contributed by atoms with Crippen LogP contribution in [0.15, 0.2) is 0 Å². The molecule has 1 aromatic rings. The highest BCUT2D eigenvalue weighted by Crippen LogP contribution is 2.34. The summed E-state index contributed by atoms with van der Waals surface area (Å²) in [4.78, 5) is 11.1. The number of nitrogen functional groups attached to an aromatic ring is 2. The zero-order valence-corrected chi connectivity index (χ0v) is 13.9. The first kappa shape index (κ1) is 15.3. The highest BCUT2D eigenvalue weighted by molar-refractivity contribution is 5.60. The first-order valence-corrected chi connectivity index (χ1v) is 8.24. The number of anilines is 3. The lowest BCUT2D eigenvalue weighted by atomic mass is 9.87. The van der Waals surface area contributed by atoms with Gasteiger partial charge in [-0.05, 0) is 37.1 Å². The summed E-state index contributed by atoms with van der Waals surface area (Å²) in [5.41, 5.74) is 13.2. The number of nitrogens with two attached hydrogens (primary N) is 2. The summed E-state index contributed by atoms with van der Waals surface area (Å²) in [7, 11) is 0. The highest BCUT2D eigenvalue weighted by Gasteiger charge is 2.34. The van der Waals surface area contributed by atoms with Gasteiger partial charge in [-0.2, -0.15) is 9.97 Å². The molecule has 3 heterocycles. The third-order valence-corrected chi connectivity index (χ3v) is 4.70. The van der Waals surface area contributed by atoms with E-state index in [2.05, 4.69) is 41.0 Å². The van der Waals surface area contributed by atoms with Gasteiger partial charge in [0.2, 0.25) is 5.95 Å². The second kappa shape index (κ2) is 5.57. The van der Waals surface area contributed by atoms with E-state index < -0.39 is 0 Å². The number of aromatic nitrogens is 2. The fourth-order valence-electron chi connectivity index (χ4n) is 3.71. The molecule has 0 radical (unpaired) electrons. The van der Waals surface area contributed by atoms with Crippen LogP contribution in [0.3, 0.4) is 0 Å². The Morgan fingerprint density at radius 2 is 2.00 bits per heavy atom. The number of piperidine rings is 1. The summed E-state index contributed by atoms with van der Waals surface area (Å²) in [6.45, 7) is 9.79. The van der Waals surface area contributed by atoms with E-state index in [4.69, 9.17) is 11.5 Å². The molecule has 22 heavy (non-hydrogen) atoms. The quantitative estimate of drug-likeness (QED) is 0.765. The van der Waals surface area contributed by atoms with Gasteiger partial charge in [-0.15, -0.1) is 0 Å². The van der Waals surface area contributed by atoms with E-state index in [0.29, 0.717) is 17.8 Å². The predicted octanol–water partition coefficient (Wildman–Crippen LogP) is 1.42. The standard InChI is InChI=1S/C16H28N6/c1-16(2,3)8-11-13(17)20-15(18)21-14(11)22-7-5-12-10(9-22)4-6-19-12/h10,12,19H,4-9H2,1-3H3,(H4,17,18,20,21)/t10-,12+/m1/s1. The van der Waals surface area contributed by atoms with Crippen molar-refractivity contribution >= 4 is 17.6 Å². The lowest BCUT2D eigenvalue weighted by Gasteiger charge is -2.37. The van der Waals surface area contributed by atoms with E-state index in [1.165, 1.54) is 6.42 Å². The summed E-state index contributed by atoms with van der Waals surface area (Å²) in [6, 6.07) is 0.666. The maximum absolute atomic E-state index is 6.17. The van der Waals surface area contributed by atoms with Gasteiger partial charge in [-0.25, -0.2) is 0 Å². The molecule has 0 aliphatic carbocycles. The minimum absolute atomic E-state index is 0.135. The van der Waals surface area contributed by atoms with Gasteiger partial charge in [0.25, 0.3) is 0 Å². The molecule has 5 N–H and O–H groups in total. The van der Waals surface area contributed by atoms with Crippen molar-refractivity contribution in [2.24, 2.45) is 11.3 Å². The van der Waals surface area contributed by atoms with E-state index >= 15 is 0 Å². The molecule has 1 aromatic heterocycles. The predicted molar refractivity (Wildman–Crippen MR) is 90.7 cm³/mol. The molecule has 6 heteroatoms. The Bertz CT molecular complexity index is 550. The van der Waals surface area contributed by atoms with Crippen LogP contribution in [-0.2, 0) is 6.42 Å². The van der Waals surface area contributed by atoms with Gasteiger partial charge in [0.05, 0.1) is 0 Å². The number of rotatable bonds is 2. The Kier molecular flexibility index (Phi) is 3.89. The monoisotopic (exact) mass is 304 g/mol. The van der Waals surface area contributed by atoms with Gasteiger partial charge in [0.15, 0.2) is 0 Å². The summed E-state index contributed by atoms with van der Waals surface area (Å²) in [6.07, 6.45) is 3.26. The first-order chi connectivity index (χ1) is 10.3. The van der Waals surface area contributed by atoms with Crippen LogP contribution >= 0.6 is 0 Å². The summed E-state index contributed by atoms with van der Waals surface area (Å²) in [5.74, 6) is 2.46. The molecule has 0 unspecified atom stereocenters. The molecule has 2 fully saturated rings. The fraction of sp³-hybridized carbons (Fsp3) is 0.750. The molecule has 0 spiro atoms. The lowest BCUT2D eigenvalue weighted by molar-refractivity contribution is 0.372. The second-order valence-electron chi connectivity index (χ2n) is 7.85. The van der Waals surface area contributed by atoms with E-state index in [1.54, 1.807) is 0 Å². The minimum atomic E-state index is 0.135. The van der Waals surface area contributed by atoms with Crippen molar-refractivity contribution in [2.45, 2.75) is 46.1 Å². The number of hydrogen-bond acceptors (Lipinski definition) is 6. The molecule has 6 nitrogen and oxygen atoms in total. The summed E-state index contributed by atoms with van der Waals surface area (Å²) < 4.78 is 0. The maximum atomic E-state index is 6.17. The van der Waals surface area contributed by atoms with Crippen LogP contribution in [0.25, 0.3) is 0 Å². The molecule has 2 aliphatic heterocycles. The van der Waals surface area contributed by atoms with Crippen molar-refractivity contribution in [3.8, 4) is 0 Å². The molecular weight excluding hydrogens is 276 g/mol. The molecule has 2 saturated heterocycles. The largest absolute Gasteiger partial charge is 0.383 e. The number of hydrogen-bond donors (Lipinski definition) is 3. The normalized spacial score (nSPS) is 25.3. The van der Waals surface area contributed by atoms with Crippen molar-refractivity contribution in [3.05, 3.63) is 5.56 Å². The van der Waals surface area contributed by atoms with Crippen molar-refractivity contribution in [1.82, 2.24) is 15.3 Å². The summed E-state index contributed by atoms with van der Waals surface area (Å²) >= 11 is 0. The topological polar surface area (TPSA) is 93.1 Å². The molecule has 2 aliphatic rings. The van der Waals surface area contributed by atoms with Gasteiger partial charge in [0, 0.05) is 24.7 Å². The van der Waals surface area contributed by atoms with E-state index in [1.807, 2.05) is 0 Å². The molecule has 3 rings (SSSR count). The van der Waals surface area contributed by atoms with Crippen molar-refractivity contribution in [1.29, 1.82) is 0 Å². The molecule has 2 atom stereocenters. The molecular formula is C16H28N6. The van der Waals surface area contributed by atoms with E-state index in [-0.39, 0.29) is 11.4 Å². The first-order valence-electron chi connectivity index (χ1n) is 8.24. The van der Waals surface area contributed by atoms with Crippen molar-refractivity contribution in [2.75, 3.05) is 36.0 Å². The Hall–Kier alpha value is -1.56. The molecule has 0 saturated carbocycles. The van der Waals surface area contributed by atoms with E-state index in [0.717, 1.165) is 43.9 Å². The zero-order chi connectivity index (χ0) is 15.9. The Labute approximate surface area is 132 Å². The maximum Gasteiger partial charge on any atom is 0.223 e. The SMILES string of the molecule is CC(C)(C)Cc1c(N)nc(N)nc1N1CC[C@@H]2NCC[C@@H]2C1.